The van der Waals surface area contributed by atoms with E-state index in [1.807, 2.05) is 13.2 Å². The summed E-state index contributed by atoms with van der Waals surface area (Å²) >= 11 is 0. The Kier molecular flexibility index (Phi) is 4.28. The van der Waals surface area contributed by atoms with Gasteiger partial charge in [0.15, 0.2) is 0 Å². The smallest absolute Gasteiger partial charge is 0.222 e. The van der Waals surface area contributed by atoms with Crippen molar-refractivity contribution in [2.24, 2.45) is 7.05 Å². The Bertz CT molecular complexity index is 379. The molecule has 5 nitrogen and oxygen atoms in total. The summed E-state index contributed by atoms with van der Waals surface area (Å²) in [5.74, 6) is 0.0379. The second-order valence-corrected chi connectivity index (χ2v) is 5.08. The van der Waals surface area contributed by atoms with Gasteiger partial charge in [-0.2, -0.15) is 5.10 Å². The monoisotopic (exact) mass is 239 g/mol. The number of rotatable bonds is 5. The second kappa shape index (κ2) is 5.31. The normalized spacial score (nSPS) is 11.6. The Labute approximate surface area is 102 Å². The highest BCUT2D eigenvalue weighted by Crippen LogP contribution is 2.07. The summed E-state index contributed by atoms with van der Waals surface area (Å²) < 4.78 is 1.72. The molecule has 1 amide bonds. The molecule has 0 saturated carbocycles. The zero-order valence-electron chi connectivity index (χ0n) is 11.0. The summed E-state index contributed by atoms with van der Waals surface area (Å²) in [6, 6.07) is 0. The third kappa shape index (κ3) is 4.99. The number of carbonyl (C=O) groups is 1. The van der Waals surface area contributed by atoms with Crippen molar-refractivity contribution in [2.75, 3.05) is 13.6 Å². The highest BCUT2D eigenvalue weighted by atomic mass is 16.3. The Hall–Kier alpha value is -1.36. The van der Waals surface area contributed by atoms with Crippen molar-refractivity contribution >= 4 is 5.91 Å². The maximum Gasteiger partial charge on any atom is 0.222 e. The quantitative estimate of drug-likeness (QED) is 0.817. The van der Waals surface area contributed by atoms with Crippen LogP contribution in [0.15, 0.2) is 12.4 Å². The molecule has 0 atom stereocenters. The average molecular weight is 239 g/mol. The van der Waals surface area contributed by atoms with Gasteiger partial charge in [0, 0.05) is 33.3 Å². The number of amides is 1. The Morgan fingerprint density at radius 1 is 1.59 bits per heavy atom. The maximum absolute atomic E-state index is 11.8. The third-order valence-electron chi connectivity index (χ3n) is 2.44. The SMILES string of the molecule is CN(CC(C)(C)O)C(=O)CCc1cnn(C)c1. The van der Waals surface area contributed by atoms with E-state index in [2.05, 4.69) is 5.10 Å². The van der Waals surface area contributed by atoms with Gasteiger partial charge >= 0.3 is 0 Å². The number of likely N-dealkylation sites (N-methyl/N-ethyl adjacent to an activating group) is 1. The lowest BCUT2D eigenvalue weighted by atomic mass is 10.1. The summed E-state index contributed by atoms with van der Waals surface area (Å²) in [7, 11) is 3.56. The second-order valence-electron chi connectivity index (χ2n) is 5.08. The van der Waals surface area contributed by atoms with Crippen LogP contribution in [0.25, 0.3) is 0 Å². The maximum atomic E-state index is 11.8. The zero-order chi connectivity index (χ0) is 13.1. The standard InChI is InChI=1S/C12H21N3O2/c1-12(2,17)9-14(3)11(16)6-5-10-7-13-15(4)8-10/h7-8,17H,5-6,9H2,1-4H3. The molecule has 0 radical (unpaired) electrons. The largest absolute Gasteiger partial charge is 0.389 e. The van der Waals surface area contributed by atoms with Gasteiger partial charge in [0.25, 0.3) is 0 Å². The summed E-state index contributed by atoms with van der Waals surface area (Å²) in [4.78, 5) is 13.4. The van der Waals surface area contributed by atoms with Crippen LogP contribution in [-0.4, -0.2) is 44.9 Å². The van der Waals surface area contributed by atoms with E-state index in [1.54, 1.807) is 36.7 Å². The van der Waals surface area contributed by atoms with E-state index in [4.69, 9.17) is 0 Å². The van der Waals surface area contributed by atoms with Crippen LogP contribution in [0, 0.1) is 0 Å². The van der Waals surface area contributed by atoms with Crippen LogP contribution >= 0.6 is 0 Å². The minimum atomic E-state index is -0.848. The fourth-order valence-electron chi connectivity index (χ4n) is 1.71. The topological polar surface area (TPSA) is 58.4 Å². The fraction of sp³-hybridized carbons (Fsp3) is 0.667. The molecule has 1 aromatic rings. The summed E-state index contributed by atoms with van der Waals surface area (Å²) in [6.07, 6.45) is 4.80. The molecule has 1 rings (SSSR count). The van der Waals surface area contributed by atoms with E-state index in [0.717, 1.165) is 5.56 Å². The van der Waals surface area contributed by atoms with Gasteiger partial charge in [0.1, 0.15) is 0 Å². The molecular weight excluding hydrogens is 218 g/mol. The van der Waals surface area contributed by atoms with Gasteiger partial charge in [-0.25, -0.2) is 0 Å². The minimum Gasteiger partial charge on any atom is -0.389 e. The zero-order valence-corrected chi connectivity index (χ0v) is 11.0. The molecule has 0 aliphatic rings. The van der Waals surface area contributed by atoms with Crippen molar-refractivity contribution in [1.82, 2.24) is 14.7 Å². The van der Waals surface area contributed by atoms with Gasteiger partial charge in [0.2, 0.25) is 5.91 Å². The van der Waals surface area contributed by atoms with Gasteiger partial charge in [-0.05, 0) is 25.8 Å². The van der Waals surface area contributed by atoms with Crippen LogP contribution in [0.2, 0.25) is 0 Å². The van der Waals surface area contributed by atoms with Crippen LogP contribution in [-0.2, 0) is 18.3 Å². The number of hydrogen-bond donors (Lipinski definition) is 1. The average Bonchev–Trinajstić information content (AvgIpc) is 2.58. The van der Waals surface area contributed by atoms with E-state index in [-0.39, 0.29) is 5.91 Å². The van der Waals surface area contributed by atoms with Gasteiger partial charge in [0.05, 0.1) is 11.8 Å². The molecule has 0 unspecified atom stereocenters. The molecule has 0 fully saturated rings. The lowest BCUT2D eigenvalue weighted by Crippen LogP contribution is -2.39. The number of nitrogens with zero attached hydrogens (tertiary/aromatic N) is 3. The molecule has 0 saturated heterocycles. The van der Waals surface area contributed by atoms with Crippen molar-refractivity contribution in [3.63, 3.8) is 0 Å². The van der Waals surface area contributed by atoms with E-state index in [1.165, 1.54) is 0 Å². The van der Waals surface area contributed by atoms with Crippen molar-refractivity contribution in [3.05, 3.63) is 18.0 Å². The van der Waals surface area contributed by atoms with E-state index < -0.39 is 5.60 Å². The predicted molar refractivity (Wildman–Crippen MR) is 65.5 cm³/mol. The number of aromatic nitrogens is 2. The molecule has 1 aromatic heterocycles. The van der Waals surface area contributed by atoms with Crippen molar-refractivity contribution < 1.29 is 9.90 Å². The van der Waals surface area contributed by atoms with Crippen LogP contribution in [0.1, 0.15) is 25.8 Å². The highest BCUT2D eigenvalue weighted by molar-refractivity contribution is 5.76. The third-order valence-corrected chi connectivity index (χ3v) is 2.44. The van der Waals surface area contributed by atoms with Crippen LogP contribution in [0.5, 0.6) is 0 Å². The molecule has 0 aromatic carbocycles. The molecule has 1 N–H and O–H groups in total. The first-order valence-corrected chi connectivity index (χ1v) is 5.72. The summed E-state index contributed by atoms with van der Waals surface area (Å²) in [5, 5.41) is 13.7. The molecule has 0 bridgehead atoms. The van der Waals surface area contributed by atoms with Gasteiger partial charge < -0.3 is 10.0 Å². The molecular formula is C12H21N3O2. The highest BCUT2D eigenvalue weighted by Gasteiger charge is 2.19. The molecule has 17 heavy (non-hydrogen) atoms. The number of hydrogen-bond acceptors (Lipinski definition) is 3. The Balaban J connectivity index is 2.39. The van der Waals surface area contributed by atoms with Gasteiger partial charge in [-0.3, -0.25) is 9.48 Å². The van der Waals surface area contributed by atoms with Gasteiger partial charge in [-0.1, -0.05) is 0 Å². The summed E-state index contributed by atoms with van der Waals surface area (Å²) in [6.45, 7) is 3.73. The number of carbonyl (C=O) groups excluding carboxylic acids is 1. The van der Waals surface area contributed by atoms with Crippen molar-refractivity contribution in [1.29, 1.82) is 0 Å². The first kappa shape index (κ1) is 13.7. The van der Waals surface area contributed by atoms with E-state index >= 15 is 0 Å². The summed E-state index contributed by atoms with van der Waals surface area (Å²) in [5.41, 5.74) is 0.205. The molecule has 5 heteroatoms. The molecule has 0 aliphatic heterocycles. The lowest BCUT2D eigenvalue weighted by Gasteiger charge is -2.25. The molecule has 0 spiro atoms. The van der Waals surface area contributed by atoms with Crippen molar-refractivity contribution in [2.45, 2.75) is 32.3 Å². The van der Waals surface area contributed by atoms with Gasteiger partial charge in [-0.15, -0.1) is 0 Å². The first-order chi connectivity index (χ1) is 7.78. The predicted octanol–water partition coefficient (Wildman–Crippen LogP) is 0.582. The molecule has 96 valence electrons. The molecule has 0 aliphatic carbocycles. The van der Waals surface area contributed by atoms with E-state index in [9.17, 15) is 9.90 Å². The lowest BCUT2D eigenvalue weighted by molar-refractivity contribution is -0.132. The van der Waals surface area contributed by atoms with Crippen molar-refractivity contribution in [3.8, 4) is 0 Å². The Morgan fingerprint density at radius 2 is 2.24 bits per heavy atom. The number of aryl methyl sites for hydroxylation is 2. The Morgan fingerprint density at radius 3 is 2.71 bits per heavy atom. The first-order valence-electron chi connectivity index (χ1n) is 5.72. The molecule has 1 heterocycles. The van der Waals surface area contributed by atoms with Crippen LogP contribution < -0.4 is 0 Å². The fourth-order valence-corrected chi connectivity index (χ4v) is 1.71. The van der Waals surface area contributed by atoms with E-state index in [0.29, 0.717) is 19.4 Å². The van der Waals surface area contributed by atoms with Crippen LogP contribution in [0.4, 0.5) is 0 Å². The van der Waals surface area contributed by atoms with Crippen LogP contribution in [0.3, 0.4) is 0 Å². The minimum absolute atomic E-state index is 0.0379. The number of aliphatic hydroxyl groups is 1.